The van der Waals surface area contributed by atoms with E-state index in [9.17, 15) is 0 Å². The Morgan fingerprint density at radius 1 is 1.21 bits per heavy atom. The van der Waals surface area contributed by atoms with Crippen LogP contribution >= 0.6 is 0 Å². The summed E-state index contributed by atoms with van der Waals surface area (Å²) in [6, 6.07) is 0. The molecule has 1 fully saturated rings. The lowest BCUT2D eigenvalue weighted by molar-refractivity contribution is 0.521. The molecule has 1 unspecified atom stereocenters. The van der Waals surface area contributed by atoms with Crippen LogP contribution < -0.4 is 10.2 Å². The maximum absolute atomic E-state index is 4.68. The highest BCUT2D eigenvalue weighted by Crippen LogP contribution is 2.27. The van der Waals surface area contributed by atoms with Crippen LogP contribution in [0.3, 0.4) is 0 Å². The van der Waals surface area contributed by atoms with Gasteiger partial charge in [-0.1, -0.05) is 6.92 Å². The highest BCUT2D eigenvalue weighted by atomic mass is 15.2. The molecule has 1 aromatic heterocycles. The Bertz CT molecular complexity index is 430. The zero-order chi connectivity index (χ0) is 13.8. The number of rotatable bonds is 3. The van der Waals surface area contributed by atoms with Gasteiger partial charge >= 0.3 is 0 Å². The second kappa shape index (κ2) is 6.22. The van der Waals surface area contributed by atoms with Crippen molar-refractivity contribution < 1.29 is 0 Å². The third-order valence-corrected chi connectivity index (χ3v) is 3.89. The summed E-state index contributed by atoms with van der Waals surface area (Å²) in [5, 5.41) is 3.34. The number of hydrogen-bond donors (Lipinski definition) is 1. The first kappa shape index (κ1) is 14.1. The second-order valence-electron chi connectivity index (χ2n) is 5.62. The van der Waals surface area contributed by atoms with Crippen molar-refractivity contribution in [1.82, 2.24) is 9.97 Å². The molecule has 4 nitrogen and oxygen atoms in total. The molecular weight excluding hydrogens is 236 g/mol. The molecule has 0 bridgehead atoms. The van der Waals surface area contributed by atoms with E-state index in [1.54, 1.807) is 0 Å². The molecule has 106 valence electrons. The third-order valence-electron chi connectivity index (χ3n) is 3.89. The summed E-state index contributed by atoms with van der Waals surface area (Å²) in [6.07, 6.45) is 3.86. The van der Waals surface area contributed by atoms with Gasteiger partial charge in [-0.3, -0.25) is 0 Å². The smallest absolute Gasteiger partial charge is 0.137 e. The third kappa shape index (κ3) is 3.37. The molecule has 0 spiro atoms. The number of aromatic nitrogens is 2. The van der Waals surface area contributed by atoms with E-state index in [0.29, 0.717) is 0 Å². The van der Waals surface area contributed by atoms with Gasteiger partial charge in [0, 0.05) is 25.2 Å². The van der Waals surface area contributed by atoms with Gasteiger partial charge in [-0.05, 0) is 46.0 Å². The van der Waals surface area contributed by atoms with Gasteiger partial charge in [0.2, 0.25) is 0 Å². The second-order valence-corrected chi connectivity index (χ2v) is 5.62. The topological polar surface area (TPSA) is 41.1 Å². The van der Waals surface area contributed by atoms with E-state index >= 15 is 0 Å². The van der Waals surface area contributed by atoms with E-state index in [0.717, 1.165) is 43.0 Å². The lowest BCUT2D eigenvalue weighted by atomic mass is 10.0. The zero-order valence-electron chi connectivity index (χ0n) is 12.7. The first-order valence-corrected chi connectivity index (χ1v) is 7.45. The summed E-state index contributed by atoms with van der Waals surface area (Å²) < 4.78 is 0. The average molecular weight is 262 g/mol. The van der Waals surface area contributed by atoms with E-state index in [-0.39, 0.29) is 0 Å². The fourth-order valence-corrected chi connectivity index (χ4v) is 2.74. The number of nitrogens with one attached hydrogen (secondary N) is 1. The Morgan fingerprint density at radius 3 is 2.74 bits per heavy atom. The standard InChI is InChI=1S/C15H26N4/c1-5-16-14-12(3)15(18-13(4)17-14)19-9-6-7-11(2)8-10-19/h11H,5-10H2,1-4H3,(H,16,17,18). The van der Waals surface area contributed by atoms with Crippen molar-refractivity contribution in [2.24, 2.45) is 5.92 Å². The summed E-state index contributed by atoms with van der Waals surface area (Å²) in [7, 11) is 0. The Kier molecular flexibility index (Phi) is 4.61. The highest BCUT2D eigenvalue weighted by Gasteiger charge is 2.19. The molecule has 2 rings (SSSR count). The van der Waals surface area contributed by atoms with Crippen LogP contribution in [0.2, 0.25) is 0 Å². The van der Waals surface area contributed by atoms with E-state index in [2.05, 4.69) is 41.0 Å². The van der Waals surface area contributed by atoms with Crippen molar-refractivity contribution in [3.05, 3.63) is 11.4 Å². The van der Waals surface area contributed by atoms with Gasteiger partial charge in [0.1, 0.15) is 17.5 Å². The summed E-state index contributed by atoms with van der Waals surface area (Å²) in [4.78, 5) is 11.6. The minimum atomic E-state index is 0.835. The van der Waals surface area contributed by atoms with Gasteiger partial charge in [0.05, 0.1) is 0 Å². The molecule has 2 heterocycles. The first-order valence-electron chi connectivity index (χ1n) is 7.45. The Labute approximate surface area is 116 Å². The molecular formula is C15H26N4. The minimum absolute atomic E-state index is 0.835. The zero-order valence-corrected chi connectivity index (χ0v) is 12.7. The lowest BCUT2D eigenvalue weighted by Crippen LogP contribution is -2.27. The van der Waals surface area contributed by atoms with Crippen molar-refractivity contribution in [2.75, 3.05) is 29.9 Å². The molecule has 1 saturated heterocycles. The van der Waals surface area contributed by atoms with Crippen LogP contribution in [0.15, 0.2) is 0 Å². The number of aryl methyl sites for hydroxylation is 1. The molecule has 0 radical (unpaired) electrons. The number of anilines is 2. The maximum atomic E-state index is 4.68. The van der Waals surface area contributed by atoms with Crippen LogP contribution in [-0.2, 0) is 0 Å². The molecule has 0 amide bonds. The van der Waals surface area contributed by atoms with Gasteiger partial charge in [0.25, 0.3) is 0 Å². The van der Waals surface area contributed by atoms with Crippen LogP contribution in [0.25, 0.3) is 0 Å². The minimum Gasteiger partial charge on any atom is -0.370 e. The molecule has 1 aliphatic rings. The fraction of sp³-hybridized carbons (Fsp3) is 0.733. The predicted octanol–water partition coefficient (Wildman–Crippen LogP) is 3.15. The van der Waals surface area contributed by atoms with Crippen LogP contribution in [-0.4, -0.2) is 29.6 Å². The van der Waals surface area contributed by atoms with Crippen LogP contribution in [0.1, 0.15) is 44.5 Å². The summed E-state index contributed by atoms with van der Waals surface area (Å²) >= 11 is 0. The van der Waals surface area contributed by atoms with Gasteiger partial charge in [-0.25, -0.2) is 9.97 Å². The largest absolute Gasteiger partial charge is 0.370 e. The van der Waals surface area contributed by atoms with E-state index < -0.39 is 0 Å². The van der Waals surface area contributed by atoms with Crippen molar-refractivity contribution in [1.29, 1.82) is 0 Å². The van der Waals surface area contributed by atoms with Crippen molar-refractivity contribution in [2.45, 2.75) is 47.0 Å². The Balaban J connectivity index is 2.27. The molecule has 1 atom stereocenters. The molecule has 0 aliphatic carbocycles. The van der Waals surface area contributed by atoms with Gasteiger partial charge < -0.3 is 10.2 Å². The Morgan fingerprint density at radius 2 is 2.00 bits per heavy atom. The van der Waals surface area contributed by atoms with Gasteiger partial charge in [0.15, 0.2) is 0 Å². The molecule has 0 aromatic carbocycles. The molecule has 0 saturated carbocycles. The van der Waals surface area contributed by atoms with E-state index in [1.807, 2.05) is 6.92 Å². The van der Waals surface area contributed by atoms with Gasteiger partial charge in [-0.15, -0.1) is 0 Å². The summed E-state index contributed by atoms with van der Waals surface area (Å²) in [5.41, 5.74) is 1.18. The first-order chi connectivity index (χ1) is 9.11. The molecule has 1 N–H and O–H groups in total. The molecule has 1 aromatic rings. The van der Waals surface area contributed by atoms with Crippen LogP contribution in [0, 0.1) is 19.8 Å². The molecule has 4 heteroatoms. The van der Waals surface area contributed by atoms with Gasteiger partial charge in [-0.2, -0.15) is 0 Å². The SMILES string of the molecule is CCNc1nc(C)nc(N2CCCC(C)CC2)c1C. The maximum Gasteiger partial charge on any atom is 0.137 e. The quantitative estimate of drug-likeness (QED) is 0.908. The molecule has 19 heavy (non-hydrogen) atoms. The lowest BCUT2D eigenvalue weighted by Gasteiger charge is -2.24. The number of nitrogens with zero attached hydrogens (tertiary/aromatic N) is 3. The monoisotopic (exact) mass is 262 g/mol. The summed E-state index contributed by atoms with van der Waals surface area (Å²) in [5.74, 6) is 3.80. The van der Waals surface area contributed by atoms with Crippen molar-refractivity contribution in [3.63, 3.8) is 0 Å². The average Bonchev–Trinajstić information content (AvgIpc) is 2.58. The van der Waals surface area contributed by atoms with Crippen molar-refractivity contribution >= 4 is 11.6 Å². The van der Waals surface area contributed by atoms with Crippen LogP contribution in [0.5, 0.6) is 0 Å². The van der Waals surface area contributed by atoms with E-state index in [4.69, 9.17) is 0 Å². The number of hydrogen-bond acceptors (Lipinski definition) is 4. The summed E-state index contributed by atoms with van der Waals surface area (Å²) in [6.45, 7) is 11.7. The Hall–Kier alpha value is -1.32. The highest BCUT2D eigenvalue weighted by molar-refractivity contribution is 5.58. The fourth-order valence-electron chi connectivity index (χ4n) is 2.74. The normalized spacial score (nSPS) is 20.2. The van der Waals surface area contributed by atoms with Crippen LogP contribution in [0.4, 0.5) is 11.6 Å². The predicted molar refractivity (Wildman–Crippen MR) is 80.9 cm³/mol. The molecule has 1 aliphatic heterocycles. The van der Waals surface area contributed by atoms with Crippen molar-refractivity contribution in [3.8, 4) is 0 Å². The van der Waals surface area contributed by atoms with E-state index in [1.165, 1.54) is 24.8 Å².